The number of carbonyl (C=O) groups excluding carboxylic acids is 3. The normalized spacial score (nSPS) is 26.7. The van der Waals surface area contributed by atoms with E-state index in [1.54, 1.807) is 33.2 Å². The Kier molecular flexibility index (Phi) is 9.48. The standard InChI is InChI=1S/C35H42N8O6/c1-34(2,3)49-33(48)37-27-15-11-6-4-5-10-14-25-18-35(25,32(46)47)38-30(44)28-17-26(21-42(28)31(27)45)43-40-29(39-41-43)24-16-23(19-36-20-24)22-12-8-7-9-13-22/h7-10,12-14,16,19-20,25-28H,4-6,11,15,17-18,21H2,1-3H3,(H,37,48)(H,38,44)(H,46,47)/b14-10-/t25-,26-,27+,28-,35-/m0/s1. The summed E-state index contributed by atoms with van der Waals surface area (Å²) in [6, 6.07) is 9.14. The van der Waals surface area contributed by atoms with Crippen molar-refractivity contribution in [2.75, 3.05) is 6.54 Å². The topological polar surface area (TPSA) is 182 Å². The molecule has 14 heteroatoms. The summed E-state index contributed by atoms with van der Waals surface area (Å²) in [5.74, 6) is -2.18. The number of rotatable bonds is 5. The number of hydrogen-bond donors (Lipinski definition) is 3. The van der Waals surface area contributed by atoms with Crippen LogP contribution in [0, 0.1) is 5.92 Å². The summed E-state index contributed by atoms with van der Waals surface area (Å²) < 4.78 is 5.47. The molecule has 14 nitrogen and oxygen atoms in total. The Morgan fingerprint density at radius 3 is 2.59 bits per heavy atom. The van der Waals surface area contributed by atoms with Crippen molar-refractivity contribution in [1.29, 1.82) is 0 Å². The summed E-state index contributed by atoms with van der Waals surface area (Å²) in [5, 5.41) is 28.8. The van der Waals surface area contributed by atoms with Crippen LogP contribution in [0.5, 0.6) is 0 Å². The maximum Gasteiger partial charge on any atom is 0.408 e. The quantitative estimate of drug-likeness (QED) is 0.337. The number of hydrogen-bond acceptors (Lipinski definition) is 9. The van der Waals surface area contributed by atoms with Crippen molar-refractivity contribution in [3.63, 3.8) is 0 Å². The predicted octanol–water partition coefficient (Wildman–Crippen LogP) is 3.92. The molecule has 0 radical (unpaired) electrons. The molecule has 0 bridgehead atoms. The van der Waals surface area contributed by atoms with Gasteiger partial charge in [0.05, 0.1) is 6.04 Å². The molecule has 3 N–H and O–H groups in total. The van der Waals surface area contributed by atoms with Crippen LogP contribution in [0.1, 0.15) is 71.8 Å². The van der Waals surface area contributed by atoms with Crippen molar-refractivity contribution in [3.05, 3.63) is 60.9 Å². The summed E-state index contributed by atoms with van der Waals surface area (Å²) >= 11 is 0. The van der Waals surface area contributed by atoms with E-state index in [-0.39, 0.29) is 25.3 Å². The van der Waals surface area contributed by atoms with Crippen LogP contribution in [0.15, 0.2) is 60.9 Å². The van der Waals surface area contributed by atoms with E-state index in [0.29, 0.717) is 24.2 Å². The van der Waals surface area contributed by atoms with Gasteiger partial charge in [-0.2, -0.15) is 4.80 Å². The highest BCUT2D eigenvalue weighted by atomic mass is 16.6. The van der Waals surface area contributed by atoms with Gasteiger partial charge in [0, 0.05) is 42.4 Å². The molecule has 2 fully saturated rings. The van der Waals surface area contributed by atoms with Crippen molar-refractivity contribution in [2.45, 2.75) is 95.0 Å². The van der Waals surface area contributed by atoms with E-state index in [9.17, 15) is 24.3 Å². The molecule has 4 heterocycles. The van der Waals surface area contributed by atoms with Gasteiger partial charge in [0.1, 0.15) is 23.2 Å². The minimum atomic E-state index is -1.44. The number of tetrazole rings is 1. The van der Waals surface area contributed by atoms with Gasteiger partial charge in [-0.05, 0) is 63.3 Å². The van der Waals surface area contributed by atoms with Gasteiger partial charge in [-0.25, -0.2) is 9.59 Å². The fourth-order valence-electron chi connectivity index (χ4n) is 6.54. The number of aromatic nitrogens is 5. The zero-order valence-electron chi connectivity index (χ0n) is 27.9. The average molecular weight is 671 g/mol. The third-order valence-corrected chi connectivity index (χ3v) is 9.19. The maximum absolute atomic E-state index is 14.3. The van der Waals surface area contributed by atoms with E-state index in [4.69, 9.17) is 4.74 Å². The monoisotopic (exact) mass is 670 g/mol. The Bertz CT molecular complexity index is 1740. The lowest BCUT2D eigenvalue weighted by Crippen LogP contribution is -2.56. The second kappa shape index (κ2) is 13.8. The number of carbonyl (C=O) groups is 4. The van der Waals surface area contributed by atoms with Crippen molar-refractivity contribution >= 4 is 23.9 Å². The SMILES string of the molecule is CC(C)(C)OC(=O)N[C@@H]1CCCCC/C=C\[C@H]2C[C@]2(C(=O)O)NC(=O)[C@@H]2C[C@H](n3nnc(-c4cncc(-c5ccccc5)c4)n3)CN2C1=O. The number of aliphatic carboxylic acids is 1. The highest BCUT2D eigenvalue weighted by Gasteiger charge is 2.61. The van der Waals surface area contributed by atoms with E-state index in [1.807, 2.05) is 48.6 Å². The summed E-state index contributed by atoms with van der Waals surface area (Å²) in [6.07, 6.45) is 10.2. The number of carboxylic acid groups (broad SMARTS) is 1. The molecule has 0 unspecified atom stereocenters. The Hall–Kier alpha value is -5.14. The highest BCUT2D eigenvalue weighted by Crippen LogP contribution is 2.45. The molecular formula is C35H42N8O6. The van der Waals surface area contributed by atoms with E-state index in [0.717, 1.165) is 30.4 Å². The van der Waals surface area contributed by atoms with Crippen LogP contribution in [-0.2, 0) is 19.1 Å². The van der Waals surface area contributed by atoms with Gasteiger partial charge in [-0.3, -0.25) is 14.6 Å². The lowest BCUT2D eigenvalue weighted by atomic mass is 10.0. The molecule has 49 heavy (non-hydrogen) atoms. The molecule has 3 amide bonds. The van der Waals surface area contributed by atoms with Gasteiger partial charge in [-0.1, -0.05) is 55.3 Å². The molecule has 5 atom stereocenters. The average Bonchev–Trinajstić information content (AvgIpc) is 3.38. The molecule has 0 spiro atoms. The van der Waals surface area contributed by atoms with Gasteiger partial charge in [0.25, 0.3) is 0 Å². The molecule has 1 aliphatic carbocycles. The molecule has 258 valence electrons. The van der Waals surface area contributed by atoms with Crippen LogP contribution in [0.3, 0.4) is 0 Å². The second-order valence-corrected chi connectivity index (χ2v) is 14.0. The number of fused-ring (bicyclic) bond motifs is 2. The van der Waals surface area contributed by atoms with Crippen molar-refractivity contribution < 1.29 is 29.0 Å². The number of carboxylic acids is 1. The van der Waals surface area contributed by atoms with E-state index >= 15 is 0 Å². The van der Waals surface area contributed by atoms with Gasteiger partial charge in [0.15, 0.2) is 0 Å². The van der Waals surface area contributed by atoms with Crippen molar-refractivity contribution in [1.82, 2.24) is 40.7 Å². The molecule has 2 aromatic heterocycles. The predicted molar refractivity (Wildman–Crippen MR) is 178 cm³/mol. The number of nitrogens with one attached hydrogen (secondary N) is 2. The van der Waals surface area contributed by atoms with E-state index in [2.05, 4.69) is 31.0 Å². The molecule has 1 saturated heterocycles. The molecule has 1 saturated carbocycles. The number of allylic oxidation sites excluding steroid dienone is 1. The van der Waals surface area contributed by atoms with E-state index in [1.165, 1.54) is 9.70 Å². The lowest BCUT2D eigenvalue weighted by molar-refractivity contribution is -0.145. The third kappa shape index (κ3) is 7.63. The molecule has 3 aromatic rings. The first-order valence-corrected chi connectivity index (χ1v) is 16.8. The zero-order chi connectivity index (χ0) is 34.8. The smallest absolute Gasteiger partial charge is 0.408 e. The lowest BCUT2D eigenvalue weighted by Gasteiger charge is -2.30. The zero-order valence-corrected chi connectivity index (χ0v) is 27.9. The Labute approximate surface area is 284 Å². The first-order chi connectivity index (χ1) is 23.4. The minimum Gasteiger partial charge on any atom is -0.479 e. The van der Waals surface area contributed by atoms with Gasteiger partial charge in [-0.15, -0.1) is 10.2 Å². The van der Waals surface area contributed by atoms with Crippen LogP contribution < -0.4 is 10.6 Å². The molecule has 3 aliphatic rings. The Morgan fingerprint density at radius 1 is 1.06 bits per heavy atom. The van der Waals surface area contributed by atoms with Gasteiger partial charge >= 0.3 is 12.1 Å². The Balaban J connectivity index is 1.29. The fourth-order valence-corrected chi connectivity index (χ4v) is 6.54. The largest absolute Gasteiger partial charge is 0.479 e. The molecule has 2 aliphatic heterocycles. The number of benzene rings is 1. The van der Waals surface area contributed by atoms with Crippen molar-refractivity contribution in [2.24, 2.45) is 5.92 Å². The van der Waals surface area contributed by atoms with Gasteiger partial charge in [0.2, 0.25) is 17.6 Å². The molecule has 6 rings (SSSR count). The first-order valence-electron chi connectivity index (χ1n) is 16.8. The summed E-state index contributed by atoms with van der Waals surface area (Å²) in [7, 11) is 0. The van der Waals surface area contributed by atoms with Crippen molar-refractivity contribution in [3.8, 4) is 22.5 Å². The first kappa shape index (κ1) is 33.7. The van der Waals surface area contributed by atoms with Gasteiger partial charge < -0.3 is 25.4 Å². The third-order valence-electron chi connectivity index (χ3n) is 9.19. The second-order valence-electron chi connectivity index (χ2n) is 14.0. The number of pyridine rings is 1. The molecular weight excluding hydrogens is 628 g/mol. The van der Waals surface area contributed by atoms with E-state index < -0.39 is 53.1 Å². The van der Waals surface area contributed by atoms with Crippen LogP contribution in [0.25, 0.3) is 22.5 Å². The van der Waals surface area contributed by atoms with Crippen LogP contribution in [-0.4, -0.2) is 88.8 Å². The minimum absolute atomic E-state index is 0.0466. The van der Waals surface area contributed by atoms with Crippen LogP contribution in [0.4, 0.5) is 4.79 Å². The number of alkyl carbamates (subject to hydrolysis) is 1. The summed E-state index contributed by atoms with van der Waals surface area (Å²) in [5.41, 5.74) is 0.291. The summed E-state index contributed by atoms with van der Waals surface area (Å²) in [4.78, 5) is 60.6. The number of ether oxygens (including phenoxy) is 1. The number of amides is 3. The Morgan fingerprint density at radius 2 is 1.84 bits per heavy atom. The van der Waals surface area contributed by atoms with Crippen LogP contribution >= 0.6 is 0 Å². The fraction of sp³-hybridized carbons (Fsp3) is 0.486. The maximum atomic E-state index is 14.3. The number of nitrogens with zero attached hydrogens (tertiary/aromatic N) is 6. The summed E-state index contributed by atoms with van der Waals surface area (Å²) in [6.45, 7) is 5.26. The molecule has 1 aromatic carbocycles. The highest BCUT2D eigenvalue weighted by molar-refractivity contribution is 5.96. The van der Waals surface area contributed by atoms with Crippen LogP contribution in [0.2, 0.25) is 0 Å².